The van der Waals surface area contributed by atoms with Crippen LogP contribution in [0, 0.1) is 0 Å². The number of hydrogen-bond donors (Lipinski definition) is 1. The molecular formula is C24H19Cl2N3O3. The molecule has 3 aromatic carbocycles. The highest BCUT2D eigenvalue weighted by atomic mass is 35.5. The normalized spacial score (nSPS) is 16.4. The summed E-state index contributed by atoms with van der Waals surface area (Å²) in [6.45, 7) is 1.75. The molecule has 2 amide bonds. The van der Waals surface area contributed by atoms with E-state index in [-0.39, 0.29) is 12.3 Å². The third kappa shape index (κ3) is 4.61. The monoisotopic (exact) mass is 467 g/mol. The van der Waals surface area contributed by atoms with Crippen molar-refractivity contribution in [1.82, 2.24) is 5.43 Å². The number of para-hydroxylation sites is 3. The molecule has 0 spiro atoms. The van der Waals surface area contributed by atoms with Crippen LogP contribution < -0.4 is 15.1 Å². The average Bonchev–Trinajstić information content (AvgIpc) is 3.06. The molecule has 1 atom stereocenters. The first-order chi connectivity index (χ1) is 15.4. The molecule has 0 bridgehead atoms. The minimum Gasteiger partial charge on any atom is -0.455 e. The number of nitrogens with zero attached hydrogens (tertiary/aromatic N) is 2. The van der Waals surface area contributed by atoms with Crippen LogP contribution in [0.15, 0.2) is 77.9 Å². The second kappa shape index (κ2) is 9.42. The number of amides is 2. The number of benzene rings is 3. The minimum atomic E-state index is -0.798. The molecule has 4 rings (SSSR count). The minimum absolute atomic E-state index is 0.0242. The number of hydrogen-bond acceptors (Lipinski definition) is 5. The van der Waals surface area contributed by atoms with E-state index in [4.69, 9.17) is 27.9 Å². The fourth-order valence-corrected chi connectivity index (χ4v) is 3.89. The van der Waals surface area contributed by atoms with Crippen LogP contribution in [-0.2, 0) is 9.59 Å². The van der Waals surface area contributed by atoms with E-state index in [0.717, 1.165) is 4.90 Å². The van der Waals surface area contributed by atoms with E-state index in [1.807, 2.05) is 18.2 Å². The highest BCUT2D eigenvalue weighted by molar-refractivity contribution is 6.37. The average molecular weight is 468 g/mol. The van der Waals surface area contributed by atoms with Crippen molar-refractivity contribution < 1.29 is 14.3 Å². The van der Waals surface area contributed by atoms with Crippen LogP contribution in [-0.4, -0.2) is 23.6 Å². The van der Waals surface area contributed by atoms with Gasteiger partial charge in [0.2, 0.25) is 5.91 Å². The maximum Gasteiger partial charge on any atom is 0.258 e. The van der Waals surface area contributed by atoms with Gasteiger partial charge in [0.1, 0.15) is 11.8 Å². The van der Waals surface area contributed by atoms with Gasteiger partial charge in [-0.25, -0.2) is 4.90 Å². The maximum absolute atomic E-state index is 13.1. The first-order valence-corrected chi connectivity index (χ1v) is 10.6. The Bertz CT molecular complexity index is 1200. The summed E-state index contributed by atoms with van der Waals surface area (Å²) < 4.78 is 5.91. The van der Waals surface area contributed by atoms with Crippen LogP contribution in [0.25, 0.3) is 0 Å². The number of nitrogens with one attached hydrogen (secondary N) is 1. The van der Waals surface area contributed by atoms with Crippen molar-refractivity contribution in [1.29, 1.82) is 0 Å². The molecule has 1 unspecified atom stereocenters. The zero-order valence-electron chi connectivity index (χ0n) is 17.1. The van der Waals surface area contributed by atoms with Crippen molar-refractivity contribution in [2.75, 3.05) is 4.90 Å². The lowest BCUT2D eigenvalue weighted by Gasteiger charge is -2.19. The number of rotatable bonds is 6. The van der Waals surface area contributed by atoms with E-state index < -0.39 is 11.9 Å². The Labute approximate surface area is 195 Å². The molecule has 0 radical (unpaired) electrons. The largest absolute Gasteiger partial charge is 0.455 e. The van der Waals surface area contributed by atoms with Gasteiger partial charge in [-0.2, -0.15) is 5.10 Å². The zero-order valence-corrected chi connectivity index (χ0v) is 18.6. The van der Waals surface area contributed by atoms with Gasteiger partial charge in [-0.1, -0.05) is 59.6 Å². The standard InChI is InChI=1S/C24H19Cl2N3O3/c1-15(18-12-11-16(25)13-19(18)26)27-28-20-14-23(30)29(24(20)31)21-9-5-6-10-22(21)32-17-7-3-2-4-8-17/h2-13,20,28H,14H2,1H3/b27-15+. The SMILES string of the molecule is C/C(=N\NC1CC(=O)N(c2ccccc2Oc2ccccc2)C1=O)c1ccc(Cl)cc1Cl. The van der Waals surface area contributed by atoms with Crippen LogP contribution >= 0.6 is 23.2 Å². The first kappa shape index (κ1) is 21.9. The van der Waals surface area contributed by atoms with Crippen LogP contribution in [0.4, 0.5) is 5.69 Å². The molecule has 3 aromatic rings. The summed E-state index contributed by atoms with van der Waals surface area (Å²) in [6.07, 6.45) is -0.0242. The maximum atomic E-state index is 13.1. The summed E-state index contributed by atoms with van der Waals surface area (Å²) >= 11 is 12.2. The van der Waals surface area contributed by atoms with Crippen LogP contribution in [0.2, 0.25) is 10.0 Å². The number of anilines is 1. The second-order valence-corrected chi connectivity index (χ2v) is 8.00. The van der Waals surface area contributed by atoms with Gasteiger partial charge in [-0.05, 0) is 43.3 Å². The van der Waals surface area contributed by atoms with Gasteiger partial charge in [0, 0.05) is 10.6 Å². The van der Waals surface area contributed by atoms with E-state index in [9.17, 15) is 9.59 Å². The fourth-order valence-electron chi connectivity index (χ4n) is 3.35. The van der Waals surface area contributed by atoms with Crippen LogP contribution in [0.1, 0.15) is 18.9 Å². The molecule has 1 saturated heterocycles. The quantitative estimate of drug-likeness (QED) is 0.298. The molecule has 8 heteroatoms. The summed E-state index contributed by atoms with van der Waals surface area (Å²) in [6, 6.07) is 20.4. The smallest absolute Gasteiger partial charge is 0.258 e. The van der Waals surface area contributed by atoms with Gasteiger partial charge in [0.25, 0.3) is 5.91 Å². The second-order valence-electron chi connectivity index (χ2n) is 7.16. The van der Waals surface area contributed by atoms with Crippen molar-refractivity contribution in [2.24, 2.45) is 5.10 Å². The topological polar surface area (TPSA) is 71.0 Å². The molecule has 1 heterocycles. The number of hydrazone groups is 1. The van der Waals surface area contributed by atoms with Gasteiger partial charge in [0.15, 0.2) is 5.75 Å². The zero-order chi connectivity index (χ0) is 22.7. The summed E-state index contributed by atoms with van der Waals surface area (Å²) in [4.78, 5) is 26.9. The molecule has 1 fully saturated rings. The van der Waals surface area contributed by atoms with Gasteiger partial charge in [-0.3, -0.25) is 15.0 Å². The lowest BCUT2D eigenvalue weighted by Crippen LogP contribution is -2.37. The van der Waals surface area contributed by atoms with Crippen LogP contribution in [0.3, 0.4) is 0 Å². The Kier molecular flexibility index (Phi) is 6.44. The summed E-state index contributed by atoms with van der Waals surface area (Å²) in [5, 5.41) is 5.24. The molecule has 162 valence electrons. The number of imide groups is 1. The molecular weight excluding hydrogens is 449 g/mol. The van der Waals surface area contributed by atoms with E-state index in [0.29, 0.717) is 38.5 Å². The van der Waals surface area contributed by atoms with Crippen LogP contribution in [0.5, 0.6) is 11.5 Å². The molecule has 32 heavy (non-hydrogen) atoms. The Balaban J connectivity index is 1.54. The Hall–Kier alpha value is -3.35. The third-order valence-electron chi connectivity index (χ3n) is 4.93. The fraction of sp³-hybridized carbons (Fsp3) is 0.125. The molecule has 0 saturated carbocycles. The molecule has 1 N–H and O–H groups in total. The van der Waals surface area contributed by atoms with Gasteiger partial charge in [0.05, 0.1) is 22.8 Å². The summed E-state index contributed by atoms with van der Waals surface area (Å²) in [7, 11) is 0. The van der Waals surface area contributed by atoms with Crippen molar-refractivity contribution in [3.63, 3.8) is 0 Å². The first-order valence-electron chi connectivity index (χ1n) is 9.88. The van der Waals surface area contributed by atoms with Crippen molar-refractivity contribution in [3.8, 4) is 11.5 Å². The van der Waals surface area contributed by atoms with E-state index in [1.165, 1.54) is 0 Å². The van der Waals surface area contributed by atoms with E-state index >= 15 is 0 Å². The summed E-state index contributed by atoms with van der Waals surface area (Å²) in [5.74, 6) is 0.273. The number of ether oxygens (including phenoxy) is 1. The predicted molar refractivity (Wildman–Crippen MR) is 126 cm³/mol. The molecule has 0 aromatic heterocycles. The molecule has 1 aliphatic heterocycles. The Morgan fingerprint density at radius 2 is 1.75 bits per heavy atom. The Morgan fingerprint density at radius 3 is 2.50 bits per heavy atom. The third-order valence-corrected chi connectivity index (χ3v) is 5.48. The van der Waals surface area contributed by atoms with Gasteiger partial charge in [-0.15, -0.1) is 0 Å². The van der Waals surface area contributed by atoms with Crippen molar-refractivity contribution >= 4 is 46.4 Å². The number of carbonyl (C=O) groups excluding carboxylic acids is 2. The molecule has 1 aliphatic rings. The molecule has 6 nitrogen and oxygen atoms in total. The highest BCUT2D eigenvalue weighted by Gasteiger charge is 2.41. The van der Waals surface area contributed by atoms with Gasteiger partial charge < -0.3 is 4.74 Å². The lowest BCUT2D eigenvalue weighted by molar-refractivity contribution is -0.121. The van der Waals surface area contributed by atoms with Gasteiger partial charge >= 0.3 is 0 Å². The predicted octanol–water partition coefficient (Wildman–Crippen LogP) is 5.43. The number of carbonyl (C=O) groups is 2. The lowest BCUT2D eigenvalue weighted by atomic mass is 10.1. The Morgan fingerprint density at radius 1 is 1.03 bits per heavy atom. The molecule has 0 aliphatic carbocycles. The van der Waals surface area contributed by atoms with E-state index in [2.05, 4.69) is 10.5 Å². The van der Waals surface area contributed by atoms with Crippen molar-refractivity contribution in [3.05, 3.63) is 88.4 Å². The van der Waals surface area contributed by atoms with E-state index in [1.54, 1.807) is 61.5 Å². The summed E-state index contributed by atoms with van der Waals surface area (Å²) in [5.41, 5.74) is 4.45. The number of halogens is 2. The highest BCUT2D eigenvalue weighted by Crippen LogP contribution is 2.35. The van der Waals surface area contributed by atoms with Crippen molar-refractivity contribution in [2.45, 2.75) is 19.4 Å².